The van der Waals surface area contributed by atoms with E-state index >= 15 is 0 Å². The lowest BCUT2D eigenvalue weighted by molar-refractivity contribution is 0.0573. The lowest BCUT2D eigenvalue weighted by atomic mass is 10.2. The molecular weight excluding hydrogens is 142 g/mol. The molecule has 0 aromatic rings. The van der Waals surface area contributed by atoms with Crippen LogP contribution in [0.2, 0.25) is 0 Å². The molecule has 3 nitrogen and oxygen atoms in total. The average Bonchev–Trinajstić information content (AvgIpc) is 2.37. The standard InChI is InChI=1S/C8H17NO2/c1-7-3-2-4-9(7)5-8(11)6-10/h7-8,10-11H,2-6H2,1H3. The average molecular weight is 159 g/mol. The molecule has 1 aliphatic rings. The van der Waals surface area contributed by atoms with Crippen molar-refractivity contribution in [2.45, 2.75) is 31.9 Å². The van der Waals surface area contributed by atoms with Crippen LogP contribution in [0.15, 0.2) is 0 Å². The van der Waals surface area contributed by atoms with E-state index in [1.54, 1.807) is 0 Å². The van der Waals surface area contributed by atoms with Crippen LogP contribution in [-0.4, -0.2) is 47.0 Å². The largest absolute Gasteiger partial charge is 0.394 e. The monoisotopic (exact) mass is 159 g/mol. The molecule has 66 valence electrons. The second-order valence-electron chi connectivity index (χ2n) is 3.32. The molecule has 1 fully saturated rings. The van der Waals surface area contributed by atoms with Crippen molar-refractivity contribution in [3.05, 3.63) is 0 Å². The van der Waals surface area contributed by atoms with Crippen LogP contribution in [0.4, 0.5) is 0 Å². The van der Waals surface area contributed by atoms with Crippen LogP contribution >= 0.6 is 0 Å². The summed E-state index contributed by atoms with van der Waals surface area (Å²) in [5.41, 5.74) is 0. The van der Waals surface area contributed by atoms with Gasteiger partial charge in [0.1, 0.15) is 0 Å². The quantitative estimate of drug-likeness (QED) is 0.600. The fourth-order valence-electron chi connectivity index (χ4n) is 1.59. The van der Waals surface area contributed by atoms with Crippen molar-refractivity contribution in [3.8, 4) is 0 Å². The van der Waals surface area contributed by atoms with Gasteiger partial charge in [-0.05, 0) is 26.3 Å². The Bertz CT molecular complexity index is 119. The maximum atomic E-state index is 9.14. The van der Waals surface area contributed by atoms with Crippen LogP contribution in [0.25, 0.3) is 0 Å². The first-order valence-corrected chi connectivity index (χ1v) is 4.27. The van der Waals surface area contributed by atoms with Crippen molar-refractivity contribution in [1.29, 1.82) is 0 Å². The molecule has 0 aliphatic carbocycles. The van der Waals surface area contributed by atoms with Crippen LogP contribution in [0.5, 0.6) is 0 Å². The van der Waals surface area contributed by atoms with Crippen LogP contribution in [0, 0.1) is 0 Å². The number of rotatable bonds is 3. The van der Waals surface area contributed by atoms with Crippen LogP contribution < -0.4 is 0 Å². The van der Waals surface area contributed by atoms with Crippen molar-refractivity contribution in [3.63, 3.8) is 0 Å². The molecular formula is C8H17NO2. The maximum absolute atomic E-state index is 9.14. The highest BCUT2D eigenvalue weighted by Crippen LogP contribution is 2.15. The molecule has 0 spiro atoms. The zero-order valence-corrected chi connectivity index (χ0v) is 7.03. The molecule has 0 bridgehead atoms. The summed E-state index contributed by atoms with van der Waals surface area (Å²) >= 11 is 0. The fraction of sp³-hybridized carbons (Fsp3) is 1.00. The molecule has 1 aliphatic heterocycles. The smallest absolute Gasteiger partial charge is 0.0897 e. The zero-order valence-electron chi connectivity index (χ0n) is 7.03. The Hall–Kier alpha value is -0.120. The van der Waals surface area contributed by atoms with Gasteiger partial charge in [0.15, 0.2) is 0 Å². The SMILES string of the molecule is CC1CCCN1CC(O)CO. The summed E-state index contributed by atoms with van der Waals surface area (Å²) < 4.78 is 0. The molecule has 2 N–H and O–H groups in total. The predicted molar refractivity (Wildman–Crippen MR) is 43.4 cm³/mol. The van der Waals surface area contributed by atoms with Gasteiger partial charge in [0.25, 0.3) is 0 Å². The molecule has 2 atom stereocenters. The molecule has 0 saturated carbocycles. The van der Waals surface area contributed by atoms with Crippen molar-refractivity contribution in [2.24, 2.45) is 0 Å². The number of hydrogen-bond donors (Lipinski definition) is 2. The maximum Gasteiger partial charge on any atom is 0.0897 e. The second kappa shape index (κ2) is 4.04. The number of hydrogen-bond acceptors (Lipinski definition) is 3. The predicted octanol–water partition coefficient (Wildman–Crippen LogP) is -0.176. The Balaban J connectivity index is 2.24. The van der Waals surface area contributed by atoms with E-state index in [0.29, 0.717) is 12.6 Å². The van der Waals surface area contributed by atoms with Crippen molar-refractivity contribution in [1.82, 2.24) is 4.90 Å². The van der Waals surface area contributed by atoms with E-state index < -0.39 is 6.10 Å². The molecule has 3 heteroatoms. The molecule has 0 radical (unpaired) electrons. The van der Waals surface area contributed by atoms with Crippen molar-refractivity contribution < 1.29 is 10.2 Å². The van der Waals surface area contributed by atoms with Gasteiger partial charge in [0, 0.05) is 12.6 Å². The molecule has 2 unspecified atom stereocenters. The number of aliphatic hydroxyl groups is 2. The minimum atomic E-state index is -0.560. The van der Waals surface area contributed by atoms with Crippen LogP contribution in [-0.2, 0) is 0 Å². The highest BCUT2D eigenvalue weighted by atomic mass is 16.3. The van der Waals surface area contributed by atoms with Crippen molar-refractivity contribution >= 4 is 0 Å². The summed E-state index contributed by atoms with van der Waals surface area (Å²) in [6, 6.07) is 0.580. The number of likely N-dealkylation sites (tertiary alicyclic amines) is 1. The Morgan fingerprint density at radius 2 is 2.36 bits per heavy atom. The number of nitrogens with zero attached hydrogens (tertiary/aromatic N) is 1. The summed E-state index contributed by atoms with van der Waals surface area (Å²) in [4.78, 5) is 2.22. The van der Waals surface area contributed by atoms with Gasteiger partial charge in [-0.2, -0.15) is 0 Å². The Morgan fingerprint density at radius 3 is 2.82 bits per heavy atom. The lowest BCUT2D eigenvalue weighted by Crippen LogP contribution is -2.36. The van der Waals surface area contributed by atoms with E-state index in [9.17, 15) is 0 Å². The Morgan fingerprint density at radius 1 is 1.64 bits per heavy atom. The molecule has 0 aromatic carbocycles. The summed E-state index contributed by atoms with van der Waals surface area (Å²) in [5, 5.41) is 17.7. The molecule has 1 rings (SSSR count). The molecule has 0 amide bonds. The number of β-amino-alcohol motifs (C(OH)–C–C–N with tert-alkyl or cyclic N) is 1. The van der Waals surface area contributed by atoms with Gasteiger partial charge >= 0.3 is 0 Å². The number of aliphatic hydroxyl groups excluding tert-OH is 2. The van der Waals surface area contributed by atoms with Gasteiger partial charge in [-0.15, -0.1) is 0 Å². The van der Waals surface area contributed by atoms with E-state index in [1.165, 1.54) is 12.8 Å². The first-order valence-electron chi connectivity index (χ1n) is 4.27. The van der Waals surface area contributed by atoms with Gasteiger partial charge in [0.2, 0.25) is 0 Å². The third-order valence-electron chi connectivity index (χ3n) is 2.35. The highest BCUT2D eigenvalue weighted by Gasteiger charge is 2.21. The highest BCUT2D eigenvalue weighted by molar-refractivity contribution is 4.76. The summed E-state index contributed by atoms with van der Waals surface area (Å²) in [6.45, 7) is 3.73. The van der Waals surface area contributed by atoms with E-state index in [1.807, 2.05) is 0 Å². The van der Waals surface area contributed by atoms with Crippen LogP contribution in [0.3, 0.4) is 0 Å². The van der Waals surface area contributed by atoms with E-state index in [2.05, 4.69) is 11.8 Å². The summed E-state index contributed by atoms with van der Waals surface area (Å²) in [5.74, 6) is 0. The van der Waals surface area contributed by atoms with Gasteiger partial charge < -0.3 is 10.2 Å². The molecule has 1 saturated heterocycles. The van der Waals surface area contributed by atoms with Gasteiger partial charge in [-0.25, -0.2) is 0 Å². The zero-order chi connectivity index (χ0) is 8.27. The normalized spacial score (nSPS) is 29.2. The van der Waals surface area contributed by atoms with Gasteiger partial charge in [-0.1, -0.05) is 0 Å². The van der Waals surface area contributed by atoms with E-state index in [4.69, 9.17) is 10.2 Å². The Labute approximate surface area is 67.6 Å². The minimum Gasteiger partial charge on any atom is -0.394 e. The third-order valence-corrected chi connectivity index (χ3v) is 2.35. The van der Waals surface area contributed by atoms with Gasteiger partial charge in [-0.3, -0.25) is 4.90 Å². The summed E-state index contributed by atoms with van der Waals surface area (Å²) in [6.07, 6.45) is 1.88. The first kappa shape index (κ1) is 8.97. The van der Waals surface area contributed by atoms with Gasteiger partial charge in [0.05, 0.1) is 12.7 Å². The topological polar surface area (TPSA) is 43.7 Å². The van der Waals surface area contributed by atoms with E-state index in [-0.39, 0.29) is 6.61 Å². The lowest BCUT2D eigenvalue weighted by Gasteiger charge is -2.22. The van der Waals surface area contributed by atoms with Crippen LogP contribution in [0.1, 0.15) is 19.8 Å². The second-order valence-corrected chi connectivity index (χ2v) is 3.32. The molecule has 11 heavy (non-hydrogen) atoms. The molecule has 0 aromatic heterocycles. The Kier molecular flexibility index (Phi) is 3.30. The minimum absolute atomic E-state index is 0.122. The first-order chi connectivity index (χ1) is 5.24. The molecule has 1 heterocycles. The fourth-order valence-corrected chi connectivity index (χ4v) is 1.59. The summed E-state index contributed by atoms with van der Waals surface area (Å²) in [7, 11) is 0. The van der Waals surface area contributed by atoms with Crippen molar-refractivity contribution in [2.75, 3.05) is 19.7 Å². The van der Waals surface area contributed by atoms with E-state index in [0.717, 1.165) is 6.54 Å². The third kappa shape index (κ3) is 2.43.